The summed E-state index contributed by atoms with van der Waals surface area (Å²) in [5, 5.41) is 11.4. The maximum Gasteiger partial charge on any atom is 0.146 e. The first kappa shape index (κ1) is 10.1. The lowest BCUT2D eigenvalue weighted by Gasteiger charge is -2.05. The molecule has 1 heterocycles. The molecule has 0 saturated heterocycles. The fourth-order valence-electron chi connectivity index (χ4n) is 1.19. The molecule has 0 fully saturated rings. The summed E-state index contributed by atoms with van der Waals surface area (Å²) in [6.07, 6.45) is 1.25. The van der Waals surface area contributed by atoms with E-state index in [1.165, 1.54) is 18.5 Å². The molecule has 78 valence electrons. The van der Waals surface area contributed by atoms with Gasteiger partial charge in [-0.3, -0.25) is 0 Å². The zero-order valence-electron chi connectivity index (χ0n) is 8.18. The Labute approximate surface area is 91.4 Å². The lowest BCUT2D eigenvalue weighted by atomic mass is 10.3. The maximum atomic E-state index is 13.3. The molecule has 0 amide bonds. The predicted octanol–water partition coefficient (Wildman–Crippen LogP) is 2.23. The van der Waals surface area contributed by atoms with E-state index in [2.05, 4.69) is 15.3 Å². The molecule has 1 N–H and O–H groups in total. The van der Waals surface area contributed by atoms with Crippen LogP contribution >= 0.6 is 0 Å². The van der Waals surface area contributed by atoms with Crippen molar-refractivity contribution in [1.82, 2.24) is 9.97 Å². The third kappa shape index (κ3) is 2.12. The van der Waals surface area contributed by atoms with Gasteiger partial charge in [0.15, 0.2) is 0 Å². The van der Waals surface area contributed by atoms with E-state index in [1.807, 2.05) is 6.07 Å². The molecule has 1 aromatic carbocycles. The monoisotopic (exact) mass is 214 g/mol. The molecule has 0 saturated carbocycles. The van der Waals surface area contributed by atoms with Crippen LogP contribution in [0.15, 0.2) is 36.7 Å². The third-order valence-corrected chi connectivity index (χ3v) is 1.92. The first-order valence-corrected chi connectivity index (χ1v) is 4.53. The fraction of sp³-hybridized carbons (Fsp3) is 0. The summed E-state index contributed by atoms with van der Waals surface area (Å²) in [6, 6.07) is 9.57. The molecule has 5 heteroatoms. The standard InChI is InChI=1S/C11H7FN4/c12-9-3-1-2-4-10(9)16-11-5-8(6-13)14-7-15-11/h1-5,7H,(H,14,15,16). The van der Waals surface area contributed by atoms with Crippen molar-refractivity contribution in [3.8, 4) is 6.07 Å². The first-order chi connectivity index (χ1) is 7.79. The van der Waals surface area contributed by atoms with Crippen LogP contribution in [0.2, 0.25) is 0 Å². The second-order valence-corrected chi connectivity index (χ2v) is 3.01. The minimum Gasteiger partial charge on any atom is -0.338 e. The largest absolute Gasteiger partial charge is 0.338 e. The molecule has 0 radical (unpaired) electrons. The second kappa shape index (κ2) is 4.36. The van der Waals surface area contributed by atoms with Crippen molar-refractivity contribution in [2.45, 2.75) is 0 Å². The zero-order valence-corrected chi connectivity index (χ0v) is 8.18. The SMILES string of the molecule is N#Cc1cc(Nc2ccccc2F)ncn1. The van der Waals surface area contributed by atoms with Crippen LogP contribution in [0.5, 0.6) is 0 Å². The normalized spacial score (nSPS) is 9.50. The summed E-state index contributed by atoms with van der Waals surface area (Å²) in [7, 11) is 0. The Kier molecular flexibility index (Phi) is 2.74. The summed E-state index contributed by atoms with van der Waals surface area (Å²) < 4.78 is 13.3. The molecule has 0 aliphatic carbocycles. The minimum atomic E-state index is -0.375. The number of hydrogen-bond acceptors (Lipinski definition) is 4. The number of hydrogen-bond donors (Lipinski definition) is 1. The van der Waals surface area contributed by atoms with Crippen molar-refractivity contribution in [2.75, 3.05) is 5.32 Å². The lowest BCUT2D eigenvalue weighted by molar-refractivity contribution is 0.632. The molecule has 1 aromatic heterocycles. The average molecular weight is 214 g/mol. The molecule has 0 aliphatic heterocycles. The van der Waals surface area contributed by atoms with Gasteiger partial charge in [0.25, 0.3) is 0 Å². The molecule has 0 spiro atoms. The average Bonchev–Trinajstić information content (AvgIpc) is 2.32. The Bertz CT molecular complexity index is 548. The summed E-state index contributed by atoms with van der Waals surface area (Å²) in [5.74, 6) is 0.0104. The third-order valence-electron chi connectivity index (χ3n) is 1.92. The molecule has 4 nitrogen and oxygen atoms in total. The quantitative estimate of drug-likeness (QED) is 0.832. The van der Waals surface area contributed by atoms with E-state index < -0.39 is 0 Å². The lowest BCUT2D eigenvalue weighted by Crippen LogP contribution is -1.97. The van der Waals surface area contributed by atoms with Crippen molar-refractivity contribution in [1.29, 1.82) is 5.26 Å². The molecule has 0 atom stereocenters. The number of aromatic nitrogens is 2. The van der Waals surface area contributed by atoms with Crippen molar-refractivity contribution >= 4 is 11.5 Å². The predicted molar refractivity (Wildman–Crippen MR) is 56.4 cm³/mol. The fourth-order valence-corrected chi connectivity index (χ4v) is 1.19. The van der Waals surface area contributed by atoms with Crippen LogP contribution in [0, 0.1) is 17.1 Å². The van der Waals surface area contributed by atoms with Crippen LogP contribution in [0.4, 0.5) is 15.9 Å². The van der Waals surface area contributed by atoms with Crippen LogP contribution in [0.25, 0.3) is 0 Å². The smallest absolute Gasteiger partial charge is 0.146 e. The number of nitriles is 1. The number of halogens is 1. The molecule has 0 aliphatic rings. The second-order valence-electron chi connectivity index (χ2n) is 3.01. The minimum absolute atomic E-state index is 0.230. The van der Waals surface area contributed by atoms with Crippen LogP contribution in [-0.4, -0.2) is 9.97 Å². The highest BCUT2D eigenvalue weighted by molar-refractivity contribution is 5.57. The molecule has 0 unspecified atom stereocenters. The van der Waals surface area contributed by atoms with Crippen molar-refractivity contribution in [3.63, 3.8) is 0 Å². The number of nitrogens with one attached hydrogen (secondary N) is 1. The number of benzene rings is 1. The van der Waals surface area contributed by atoms with E-state index in [9.17, 15) is 4.39 Å². The summed E-state index contributed by atoms with van der Waals surface area (Å²) in [5.41, 5.74) is 0.541. The Morgan fingerprint density at radius 1 is 1.25 bits per heavy atom. The van der Waals surface area contributed by atoms with Gasteiger partial charge in [-0.05, 0) is 12.1 Å². The Balaban J connectivity index is 2.28. The van der Waals surface area contributed by atoms with Gasteiger partial charge in [-0.25, -0.2) is 14.4 Å². The van der Waals surface area contributed by atoms with Crippen molar-refractivity contribution < 1.29 is 4.39 Å². The van der Waals surface area contributed by atoms with Gasteiger partial charge in [0.1, 0.15) is 29.7 Å². The molecule has 0 bridgehead atoms. The van der Waals surface area contributed by atoms with Crippen LogP contribution in [0.1, 0.15) is 5.69 Å². The topological polar surface area (TPSA) is 61.6 Å². The molecular formula is C11H7FN4. The van der Waals surface area contributed by atoms with Gasteiger partial charge in [0.2, 0.25) is 0 Å². The van der Waals surface area contributed by atoms with Gasteiger partial charge in [-0.2, -0.15) is 5.26 Å². The highest BCUT2D eigenvalue weighted by Gasteiger charge is 2.02. The molecule has 2 rings (SSSR count). The van der Waals surface area contributed by atoms with Gasteiger partial charge in [0, 0.05) is 6.07 Å². The number of anilines is 2. The maximum absolute atomic E-state index is 13.3. The molecular weight excluding hydrogens is 207 g/mol. The molecule has 16 heavy (non-hydrogen) atoms. The van der Waals surface area contributed by atoms with Gasteiger partial charge in [-0.15, -0.1) is 0 Å². The van der Waals surface area contributed by atoms with E-state index in [1.54, 1.807) is 18.2 Å². The summed E-state index contributed by atoms with van der Waals surface area (Å²) in [4.78, 5) is 7.60. The zero-order chi connectivity index (χ0) is 11.4. The van der Waals surface area contributed by atoms with Crippen molar-refractivity contribution in [3.05, 3.63) is 48.2 Å². The Morgan fingerprint density at radius 3 is 2.81 bits per heavy atom. The van der Waals surface area contributed by atoms with E-state index in [0.717, 1.165) is 0 Å². The number of nitrogens with zero attached hydrogens (tertiary/aromatic N) is 3. The van der Waals surface area contributed by atoms with Crippen LogP contribution < -0.4 is 5.32 Å². The van der Waals surface area contributed by atoms with E-state index in [0.29, 0.717) is 11.5 Å². The van der Waals surface area contributed by atoms with Gasteiger partial charge < -0.3 is 5.32 Å². The molecule has 2 aromatic rings. The highest BCUT2D eigenvalue weighted by atomic mass is 19.1. The van der Waals surface area contributed by atoms with E-state index in [-0.39, 0.29) is 11.5 Å². The van der Waals surface area contributed by atoms with Crippen LogP contribution in [-0.2, 0) is 0 Å². The van der Waals surface area contributed by atoms with Gasteiger partial charge in [-0.1, -0.05) is 12.1 Å². The van der Waals surface area contributed by atoms with Gasteiger partial charge >= 0.3 is 0 Å². The van der Waals surface area contributed by atoms with E-state index >= 15 is 0 Å². The van der Waals surface area contributed by atoms with Crippen LogP contribution in [0.3, 0.4) is 0 Å². The van der Waals surface area contributed by atoms with Crippen molar-refractivity contribution in [2.24, 2.45) is 0 Å². The van der Waals surface area contributed by atoms with E-state index in [4.69, 9.17) is 5.26 Å². The van der Waals surface area contributed by atoms with Gasteiger partial charge in [0.05, 0.1) is 5.69 Å². The number of rotatable bonds is 2. The number of para-hydroxylation sites is 1. The summed E-state index contributed by atoms with van der Waals surface area (Å²) >= 11 is 0. The Morgan fingerprint density at radius 2 is 2.06 bits per heavy atom. The summed E-state index contributed by atoms with van der Waals surface area (Å²) in [6.45, 7) is 0. The Hall–Kier alpha value is -2.48. The highest BCUT2D eigenvalue weighted by Crippen LogP contribution is 2.17. The first-order valence-electron chi connectivity index (χ1n) is 4.53.